The van der Waals surface area contributed by atoms with Crippen molar-refractivity contribution < 1.29 is 32.9 Å². The number of phosphoric acid groups is 1. The molecule has 3 unspecified atom stereocenters. The van der Waals surface area contributed by atoms with E-state index < -0.39 is 20.0 Å². The lowest BCUT2D eigenvalue weighted by Crippen LogP contribution is -2.45. The molecular formula is C83H168N2O6P+. The normalized spacial score (nSPS) is 13.4. The number of rotatable bonds is 80. The van der Waals surface area contributed by atoms with Crippen LogP contribution in [0, 0.1) is 0 Å². The van der Waals surface area contributed by atoms with E-state index >= 15 is 0 Å². The van der Waals surface area contributed by atoms with E-state index in [4.69, 9.17) is 9.05 Å². The third-order valence-corrected chi connectivity index (χ3v) is 21.0. The molecule has 0 saturated carbocycles. The molecule has 3 atom stereocenters. The number of hydrogen-bond acceptors (Lipinski definition) is 5. The molecule has 0 aromatic heterocycles. The van der Waals surface area contributed by atoms with Crippen molar-refractivity contribution in [2.75, 3.05) is 40.9 Å². The van der Waals surface area contributed by atoms with Crippen LogP contribution < -0.4 is 5.32 Å². The molecule has 0 heterocycles. The van der Waals surface area contributed by atoms with E-state index in [1.807, 2.05) is 27.2 Å². The van der Waals surface area contributed by atoms with E-state index in [0.717, 1.165) is 32.1 Å². The van der Waals surface area contributed by atoms with Gasteiger partial charge in [0.2, 0.25) is 5.91 Å². The fraction of sp³-hybridized carbons (Fsp3) is 0.964. The Morgan fingerprint density at radius 3 is 0.804 bits per heavy atom. The number of carbonyl (C=O) groups excluding carboxylic acids is 1. The molecular weight excluding hydrogens is 1150 g/mol. The first-order valence-corrected chi connectivity index (χ1v) is 43.6. The number of unbranched alkanes of at least 4 members (excludes halogenated alkanes) is 67. The van der Waals surface area contributed by atoms with Crippen LogP contribution in [0.1, 0.15) is 463 Å². The van der Waals surface area contributed by atoms with Crippen LogP contribution in [-0.2, 0) is 18.4 Å². The number of aliphatic hydroxyl groups excluding tert-OH is 1. The van der Waals surface area contributed by atoms with Crippen LogP contribution in [0.3, 0.4) is 0 Å². The Morgan fingerprint density at radius 1 is 0.359 bits per heavy atom. The van der Waals surface area contributed by atoms with Crippen LogP contribution >= 0.6 is 7.82 Å². The minimum absolute atomic E-state index is 0.0657. The molecule has 0 aromatic rings. The highest BCUT2D eigenvalue weighted by Gasteiger charge is 2.28. The van der Waals surface area contributed by atoms with Gasteiger partial charge in [-0.1, -0.05) is 450 Å². The summed E-state index contributed by atoms with van der Waals surface area (Å²) < 4.78 is 23.9. The molecule has 0 aliphatic heterocycles. The summed E-state index contributed by atoms with van der Waals surface area (Å²) in [6.07, 6.45) is 98.6. The standard InChI is InChI=1S/C83H167N2O6P/c1-6-8-10-12-14-16-18-20-22-24-26-28-30-32-34-36-38-39-40-41-42-43-44-45-47-49-51-53-55-57-59-61-63-65-67-69-71-73-75-77-83(87)84-81(80-91-92(88,89)90-79-78-85(3,4)5)82(86)76-74-72-70-68-66-64-62-60-58-56-54-52-50-48-46-37-35-33-31-29-27-25-23-21-19-17-15-13-11-9-7-2/h74,76,81-82,86H,6-73,75,77-80H2,1-5H3,(H-,84,87,88,89)/p+1/b76-74+. The van der Waals surface area contributed by atoms with E-state index in [1.54, 1.807) is 6.08 Å². The molecule has 0 fully saturated rings. The Hall–Kier alpha value is -0.760. The number of amides is 1. The monoisotopic (exact) mass is 1320 g/mol. The first-order valence-electron chi connectivity index (χ1n) is 42.1. The van der Waals surface area contributed by atoms with Crippen molar-refractivity contribution in [3.05, 3.63) is 12.2 Å². The molecule has 0 aromatic carbocycles. The topological polar surface area (TPSA) is 105 Å². The molecule has 0 saturated heterocycles. The van der Waals surface area contributed by atoms with Crippen LogP contribution in [-0.4, -0.2) is 73.4 Å². The van der Waals surface area contributed by atoms with Gasteiger partial charge in [-0.2, -0.15) is 0 Å². The summed E-state index contributed by atoms with van der Waals surface area (Å²) >= 11 is 0. The number of allylic oxidation sites excluding steroid dienone is 1. The lowest BCUT2D eigenvalue weighted by Gasteiger charge is -2.25. The molecule has 0 aliphatic rings. The van der Waals surface area contributed by atoms with Crippen molar-refractivity contribution >= 4 is 13.7 Å². The summed E-state index contributed by atoms with van der Waals surface area (Å²) in [7, 11) is 1.60. The van der Waals surface area contributed by atoms with Crippen LogP contribution in [0.25, 0.3) is 0 Å². The highest BCUT2D eigenvalue weighted by atomic mass is 31.2. The summed E-state index contributed by atoms with van der Waals surface area (Å²) in [5.74, 6) is -0.165. The summed E-state index contributed by atoms with van der Waals surface area (Å²) in [6.45, 7) is 4.90. The highest BCUT2D eigenvalue weighted by molar-refractivity contribution is 7.47. The number of likely N-dealkylation sites (N-methyl/N-ethyl adjacent to an activating group) is 1. The Bertz CT molecular complexity index is 1510. The van der Waals surface area contributed by atoms with Crippen molar-refractivity contribution in [3.63, 3.8) is 0 Å². The van der Waals surface area contributed by atoms with E-state index in [9.17, 15) is 19.4 Å². The molecule has 3 N–H and O–H groups in total. The van der Waals surface area contributed by atoms with Crippen molar-refractivity contribution in [1.29, 1.82) is 0 Å². The quantitative estimate of drug-likeness (QED) is 0.0243. The van der Waals surface area contributed by atoms with E-state index in [-0.39, 0.29) is 19.1 Å². The fourth-order valence-electron chi connectivity index (χ4n) is 13.5. The molecule has 92 heavy (non-hydrogen) atoms. The zero-order valence-corrected chi connectivity index (χ0v) is 64.2. The number of carbonyl (C=O) groups is 1. The summed E-state index contributed by atoms with van der Waals surface area (Å²) in [5, 5.41) is 14.1. The average Bonchev–Trinajstić information content (AvgIpc) is 3.24. The highest BCUT2D eigenvalue weighted by Crippen LogP contribution is 2.43. The summed E-state index contributed by atoms with van der Waals surface area (Å²) in [5.41, 5.74) is 0. The van der Waals surface area contributed by atoms with Gasteiger partial charge in [-0.15, -0.1) is 0 Å². The third-order valence-electron chi connectivity index (χ3n) is 20.0. The van der Waals surface area contributed by atoms with Gasteiger partial charge < -0.3 is 19.8 Å². The minimum atomic E-state index is -4.35. The number of hydrogen-bond donors (Lipinski definition) is 3. The predicted molar refractivity (Wildman–Crippen MR) is 406 cm³/mol. The number of nitrogens with zero attached hydrogens (tertiary/aromatic N) is 1. The lowest BCUT2D eigenvalue weighted by atomic mass is 10.0. The zero-order chi connectivity index (χ0) is 66.9. The van der Waals surface area contributed by atoms with E-state index in [2.05, 4.69) is 19.2 Å². The maximum absolute atomic E-state index is 13.1. The molecule has 0 rings (SSSR count). The molecule has 8 nitrogen and oxygen atoms in total. The van der Waals surface area contributed by atoms with Gasteiger partial charge in [0.1, 0.15) is 13.2 Å². The Balaban J connectivity index is 3.89. The van der Waals surface area contributed by atoms with Crippen LogP contribution in [0.15, 0.2) is 12.2 Å². The van der Waals surface area contributed by atoms with Crippen molar-refractivity contribution in [2.45, 2.75) is 475 Å². The van der Waals surface area contributed by atoms with Gasteiger partial charge in [-0.3, -0.25) is 13.8 Å². The predicted octanol–water partition coefficient (Wildman–Crippen LogP) is 27.6. The minimum Gasteiger partial charge on any atom is -0.387 e. The molecule has 1 amide bonds. The van der Waals surface area contributed by atoms with E-state index in [1.165, 1.54) is 411 Å². The second-order valence-corrected chi connectivity index (χ2v) is 32.0. The van der Waals surface area contributed by atoms with Crippen molar-refractivity contribution in [3.8, 4) is 0 Å². The molecule has 0 radical (unpaired) electrons. The first-order chi connectivity index (χ1) is 45.0. The molecule has 0 aliphatic carbocycles. The van der Waals surface area contributed by atoms with Gasteiger partial charge in [0, 0.05) is 6.42 Å². The largest absolute Gasteiger partial charge is 0.472 e. The number of aliphatic hydroxyl groups is 1. The van der Waals surface area contributed by atoms with Gasteiger partial charge >= 0.3 is 7.82 Å². The number of phosphoric ester groups is 1. The Morgan fingerprint density at radius 2 is 0.576 bits per heavy atom. The maximum Gasteiger partial charge on any atom is 0.472 e. The second-order valence-electron chi connectivity index (χ2n) is 30.6. The van der Waals surface area contributed by atoms with Gasteiger partial charge in [-0.05, 0) is 19.3 Å². The van der Waals surface area contributed by atoms with Crippen molar-refractivity contribution in [2.24, 2.45) is 0 Å². The molecule has 0 spiro atoms. The Kier molecular flexibility index (Phi) is 73.8. The summed E-state index contributed by atoms with van der Waals surface area (Å²) in [4.78, 5) is 23.5. The number of nitrogens with one attached hydrogen (secondary N) is 1. The van der Waals surface area contributed by atoms with Gasteiger partial charge in [-0.25, -0.2) is 4.57 Å². The van der Waals surface area contributed by atoms with Gasteiger partial charge in [0.25, 0.3) is 0 Å². The maximum atomic E-state index is 13.1. The average molecular weight is 1320 g/mol. The van der Waals surface area contributed by atoms with Crippen LogP contribution in [0.2, 0.25) is 0 Å². The molecule has 550 valence electrons. The smallest absolute Gasteiger partial charge is 0.387 e. The lowest BCUT2D eigenvalue weighted by molar-refractivity contribution is -0.870. The SMILES string of the molecule is CCCCCCCCCCCCCCCCCCCCCCCCCCCCCCC/C=C/C(O)C(COP(=O)(O)OCC[N+](C)(C)C)NC(=O)CCCCCCCCCCCCCCCCCCCCCCCCCCCCCCCCCCCCCCCCC. The molecule has 0 bridgehead atoms. The van der Waals surface area contributed by atoms with Crippen LogP contribution in [0.4, 0.5) is 0 Å². The van der Waals surface area contributed by atoms with Crippen LogP contribution in [0.5, 0.6) is 0 Å². The fourth-order valence-corrected chi connectivity index (χ4v) is 14.3. The van der Waals surface area contributed by atoms with Crippen molar-refractivity contribution in [1.82, 2.24) is 5.32 Å². The number of quaternary nitrogens is 1. The molecule has 9 heteroatoms. The van der Waals surface area contributed by atoms with Gasteiger partial charge in [0.05, 0.1) is 39.9 Å². The summed E-state index contributed by atoms with van der Waals surface area (Å²) in [6, 6.07) is -0.845. The van der Waals surface area contributed by atoms with E-state index in [0.29, 0.717) is 17.4 Å². The second kappa shape index (κ2) is 74.5. The zero-order valence-electron chi connectivity index (χ0n) is 63.4. The third kappa shape index (κ3) is 76.6. The first kappa shape index (κ1) is 91.2. The Labute approximate surface area is 577 Å². The van der Waals surface area contributed by atoms with Gasteiger partial charge in [0.15, 0.2) is 0 Å².